The third-order valence-corrected chi connectivity index (χ3v) is 2.59. The van der Waals surface area contributed by atoms with Gasteiger partial charge in [-0.25, -0.2) is 0 Å². The monoisotopic (exact) mass is 265 g/mol. The second-order valence-corrected chi connectivity index (χ2v) is 5.82. The summed E-state index contributed by atoms with van der Waals surface area (Å²) < 4.78 is 0. The molecule has 0 unspecified atom stereocenters. The first kappa shape index (κ1) is 15.4. The molecule has 0 atom stereocenters. The van der Waals surface area contributed by atoms with Gasteiger partial charge in [-0.3, -0.25) is 10.1 Å². The van der Waals surface area contributed by atoms with Crippen LogP contribution in [0.3, 0.4) is 0 Å². The predicted octanol–water partition coefficient (Wildman–Crippen LogP) is 3.03. The zero-order chi connectivity index (χ0) is 14.3. The van der Waals surface area contributed by atoms with Gasteiger partial charge in [0.1, 0.15) is 0 Å². The first-order valence-corrected chi connectivity index (χ1v) is 6.57. The molecule has 0 aliphatic rings. The molecule has 19 heavy (non-hydrogen) atoms. The van der Waals surface area contributed by atoms with E-state index in [1.165, 1.54) is 12.1 Å². The number of anilines is 1. The van der Waals surface area contributed by atoms with Crippen molar-refractivity contribution in [3.8, 4) is 0 Å². The molecule has 0 radical (unpaired) electrons. The number of nitro groups is 1. The summed E-state index contributed by atoms with van der Waals surface area (Å²) in [5.74, 6) is 0. The molecule has 5 nitrogen and oxygen atoms in total. The molecule has 0 saturated carbocycles. The highest BCUT2D eigenvalue weighted by molar-refractivity contribution is 5.48. The maximum Gasteiger partial charge on any atom is 0.269 e. The first-order chi connectivity index (χ1) is 8.88. The summed E-state index contributed by atoms with van der Waals surface area (Å²) in [6.45, 7) is 9.44. The van der Waals surface area contributed by atoms with Gasteiger partial charge >= 0.3 is 0 Å². The van der Waals surface area contributed by atoms with Gasteiger partial charge in [-0.1, -0.05) is 20.8 Å². The van der Waals surface area contributed by atoms with Crippen LogP contribution < -0.4 is 10.6 Å². The summed E-state index contributed by atoms with van der Waals surface area (Å²) in [7, 11) is 0. The standard InChI is InChI=1S/C14H23N3O2/c1-14(2,3)11-15-9-4-10-16-12-5-7-13(8-6-12)17(18)19/h5-8,15-16H,4,9-11H2,1-3H3. The van der Waals surface area contributed by atoms with Gasteiger partial charge in [0, 0.05) is 24.4 Å². The summed E-state index contributed by atoms with van der Waals surface area (Å²) in [5, 5.41) is 17.2. The van der Waals surface area contributed by atoms with Crippen molar-refractivity contribution in [1.29, 1.82) is 0 Å². The number of non-ortho nitro benzene ring substituents is 1. The van der Waals surface area contributed by atoms with Crippen molar-refractivity contribution in [1.82, 2.24) is 5.32 Å². The Morgan fingerprint density at radius 3 is 2.32 bits per heavy atom. The van der Waals surface area contributed by atoms with E-state index in [9.17, 15) is 10.1 Å². The summed E-state index contributed by atoms with van der Waals surface area (Å²) in [5.41, 5.74) is 1.35. The second kappa shape index (κ2) is 7.09. The van der Waals surface area contributed by atoms with E-state index in [1.54, 1.807) is 12.1 Å². The lowest BCUT2D eigenvalue weighted by Crippen LogP contribution is -2.28. The van der Waals surface area contributed by atoms with E-state index in [4.69, 9.17) is 0 Å². The normalized spacial score (nSPS) is 11.3. The number of nitrogens with zero attached hydrogens (tertiary/aromatic N) is 1. The molecule has 0 aliphatic carbocycles. The Kier molecular flexibility index (Phi) is 5.76. The van der Waals surface area contributed by atoms with Crippen molar-refractivity contribution in [2.75, 3.05) is 25.0 Å². The number of hydrogen-bond acceptors (Lipinski definition) is 4. The van der Waals surface area contributed by atoms with Gasteiger partial charge in [0.2, 0.25) is 0 Å². The van der Waals surface area contributed by atoms with Gasteiger partial charge in [-0.05, 0) is 37.1 Å². The third-order valence-electron chi connectivity index (χ3n) is 2.59. The molecule has 0 heterocycles. The first-order valence-electron chi connectivity index (χ1n) is 6.57. The van der Waals surface area contributed by atoms with E-state index in [1.807, 2.05) is 0 Å². The predicted molar refractivity (Wildman–Crippen MR) is 78.5 cm³/mol. The Labute approximate surface area is 114 Å². The number of hydrogen-bond donors (Lipinski definition) is 2. The molecule has 1 aromatic carbocycles. The second-order valence-electron chi connectivity index (χ2n) is 5.82. The van der Waals surface area contributed by atoms with Crippen molar-refractivity contribution in [3.63, 3.8) is 0 Å². The highest BCUT2D eigenvalue weighted by atomic mass is 16.6. The van der Waals surface area contributed by atoms with Gasteiger partial charge in [-0.2, -0.15) is 0 Å². The van der Waals surface area contributed by atoms with Gasteiger partial charge in [0.25, 0.3) is 5.69 Å². The van der Waals surface area contributed by atoms with Crippen molar-refractivity contribution in [2.45, 2.75) is 27.2 Å². The molecule has 0 fully saturated rings. The molecule has 5 heteroatoms. The van der Waals surface area contributed by atoms with Crippen molar-refractivity contribution < 1.29 is 4.92 Å². The highest BCUT2D eigenvalue weighted by Gasteiger charge is 2.08. The average Bonchev–Trinajstić information content (AvgIpc) is 2.33. The molecule has 0 aliphatic heterocycles. The largest absolute Gasteiger partial charge is 0.385 e. The van der Waals surface area contributed by atoms with Crippen molar-refractivity contribution in [2.24, 2.45) is 5.41 Å². The molecule has 2 N–H and O–H groups in total. The van der Waals surface area contributed by atoms with Crippen LogP contribution in [-0.2, 0) is 0 Å². The molecule has 0 amide bonds. The van der Waals surface area contributed by atoms with E-state index in [0.29, 0.717) is 5.41 Å². The summed E-state index contributed by atoms with van der Waals surface area (Å²) >= 11 is 0. The minimum absolute atomic E-state index is 0.123. The van der Waals surface area contributed by atoms with Gasteiger partial charge < -0.3 is 10.6 Å². The lowest BCUT2D eigenvalue weighted by atomic mass is 9.97. The SMILES string of the molecule is CC(C)(C)CNCCCNc1ccc([N+](=O)[O-])cc1. The maximum absolute atomic E-state index is 10.5. The van der Waals surface area contributed by atoms with E-state index < -0.39 is 0 Å². The summed E-state index contributed by atoms with van der Waals surface area (Å²) in [6, 6.07) is 6.50. The zero-order valence-electron chi connectivity index (χ0n) is 11.9. The van der Waals surface area contributed by atoms with Crippen molar-refractivity contribution in [3.05, 3.63) is 34.4 Å². The molecule has 1 rings (SSSR count). The molecule has 0 spiro atoms. The fourth-order valence-corrected chi connectivity index (χ4v) is 1.61. The van der Waals surface area contributed by atoms with E-state index >= 15 is 0 Å². The number of rotatable bonds is 7. The van der Waals surface area contributed by atoms with Crippen LogP contribution in [0.15, 0.2) is 24.3 Å². The fourth-order valence-electron chi connectivity index (χ4n) is 1.61. The lowest BCUT2D eigenvalue weighted by Gasteiger charge is -2.18. The Morgan fingerprint density at radius 2 is 1.79 bits per heavy atom. The third kappa shape index (κ3) is 6.76. The molecule has 0 saturated heterocycles. The Morgan fingerprint density at radius 1 is 1.16 bits per heavy atom. The molecule has 0 aromatic heterocycles. The average molecular weight is 265 g/mol. The van der Waals surface area contributed by atoms with Crippen LogP contribution in [0.25, 0.3) is 0 Å². The zero-order valence-corrected chi connectivity index (χ0v) is 11.9. The lowest BCUT2D eigenvalue weighted by molar-refractivity contribution is -0.384. The van der Waals surface area contributed by atoms with Gasteiger partial charge in [0.05, 0.1) is 4.92 Å². The maximum atomic E-state index is 10.5. The smallest absolute Gasteiger partial charge is 0.269 e. The van der Waals surface area contributed by atoms with Crippen LogP contribution in [0.1, 0.15) is 27.2 Å². The quantitative estimate of drug-likeness (QED) is 0.452. The minimum atomic E-state index is -0.389. The Hall–Kier alpha value is -1.62. The van der Waals surface area contributed by atoms with E-state index in [-0.39, 0.29) is 10.6 Å². The van der Waals surface area contributed by atoms with Crippen LogP contribution in [0.2, 0.25) is 0 Å². The molecular formula is C14H23N3O2. The Balaban J connectivity index is 2.17. The fraction of sp³-hybridized carbons (Fsp3) is 0.571. The van der Waals surface area contributed by atoms with E-state index in [2.05, 4.69) is 31.4 Å². The minimum Gasteiger partial charge on any atom is -0.385 e. The number of benzene rings is 1. The van der Waals surface area contributed by atoms with Crippen LogP contribution in [0.4, 0.5) is 11.4 Å². The summed E-state index contributed by atoms with van der Waals surface area (Å²) in [6.07, 6.45) is 1.02. The van der Waals surface area contributed by atoms with Gasteiger partial charge in [-0.15, -0.1) is 0 Å². The van der Waals surface area contributed by atoms with Crippen LogP contribution >= 0.6 is 0 Å². The summed E-state index contributed by atoms with van der Waals surface area (Å²) in [4.78, 5) is 10.1. The molecule has 1 aromatic rings. The number of nitrogens with one attached hydrogen (secondary N) is 2. The Bertz CT molecular complexity index is 396. The highest BCUT2D eigenvalue weighted by Crippen LogP contribution is 2.15. The van der Waals surface area contributed by atoms with Crippen LogP contribution in [-0.4, -0.2) is 24.6 Å². The van der Waals surface area contributed by atoms with Crippen LogP contribution in [0, 0.1) is 15.5 Å². The van der Waals surface area contributed by atoms with E-state index in [0.717, 1.165) is 31.7 Å². The molecular weight excluding hydrogens is 242 g/mol. The van der Waals surface area contributed by atoms with Crippen LogP contribution in [0.5, 0.6) is 0 Å². The number of nitro benzene ring substituents is 1. The van der Waals surface area contributed by atoms with Gasteiger partial charge in [0.15, 0.2) is 0 Å². The molecule has 0 bridgehead atoms. The molecule has 106 valence electrons. The topological polar surface area (TPSA) is 67.2 Å². The van der Waals surface area contributed by atoms with Crippen molar-refractivity contribution >= 4 is 11.4 Å².